The van der Waals surface area contributed by atoms with Gasteiger partial charge in [0.1, 0.15) is 12.5 Å². The molecule has 0 bridgehead atoms. The fourth-order valence-corrected chi connectivity index (χ4v) is 1.90. The van der Waals surface area contributed by atoms with Gasteiger partial charge in [-0.25, -0.2) is 17.2 Å². The largest absolute Gasteiger partial charge is 0.250 e. The molecule has 13 heavy (non-hydrogen) atoms. The van der Waals surface area contributed by atoms with E-state index in [1.807, 2.05) is 0 Å². The van der Waals surface area contributed by atoms with E-state index in [2.05, 4.69) is 0 Å². The van der Waals surface area contributed by atoms with E-state index < -0.39 is 28.1 Å². The topological polar surface area (TPSA) is 34.1 Å². The molecule has 0 aliphatic heterocycles. The summed E-state index contributed by atoms with van der Waals surface area (Å²) >= 11 is 0. The van der Waals surface area contributed by atoms with Crippen LogP contribution in [-0.4, -0.2) is 20.8 Å². The lowest BCUT2D eigenvalue weighted by Crippen LogP contribution is -2.08. The first kappa shape index (κ1) is 10.1. The zero-order chi connectivity index (χ0) is 9.90. The summed E-state index contributed by atoms with van der Waals surface area (Å²) in [6.07, 6.45) is 0. The third-order valence-electron chi connectivity index (χ3n) is 1.50. The molecule has 0 amide bonds. The molecule has 0 radical (unpaired) electrons. The predicted octanol–water partition coefficient (Wildman–Crippen LogP) is 1.57. The molecular weight excluding hydrogens is 198 g/mol. The lowest BCUT2D eigenvalue weighted by atomic mass is 10.4. The van der Waals surface area contributed by atoms with E-state index in [1.54, 1.807) is 0 Å². The molecular formula is C8H8F2O2S. The van der Waals surface area contributed by atoms with Gasteiger partial charge in [-0.3, -0.25) is 0 Å². The lowest BCUT2D eigenvalue weighted by molar-refractivity contribution is 0.517. The fraction of sp³-hybridized carbons (Fsp3) is 0.250. The maximum absolute atomic E-state index is 12.6. The number of hydrogen-bond donors (Lipinski definition) is 0. The van der Waals surface area contributed by atoms with Crippen LogP contribution in [0.25, 0.3) is 0 Å². The van der Waals surface area contributed by atoms with E-state index in [0.717, 1.165) is 12.1 Å². The molecule has 5 heteroatoms. The Balaban J connectivity index is 3.08. The van der Waals surface area contributed by atoms with E-state index in [-0.39, 0.29) is 4.90 Å². The summed E-state index contributed by atoms with van der Waals surface area (Å²) in [5, 5.41) is 0. The van der Waals surface area contributed by atoms with E-state index >= 15 is 0 Å². The first-order chi connectivity index (χ1) is 6.06. The van der Waals surface area contributed by atoms with Crippen LogP contribution in [0.3, 0.4) is 0 Å². The quantitative estimate of drug-likeness (QED) is 0.752. The first-order valence-corrected chi connectivity index (χ1v) is 5.26. The molecule has 0 saturated heterocycles. The van der Waals surface area contributed by atoms with Gasteiger partial charge in [0.15, 0.2) is 9.84 Å². The molecule has 2 nitrogen and oxygen atoms in total. The first-order valence-electron chi connectivity index (χ1n) is 3.60. The minimum atomic E-state index is -3.65. The van der Waals surface area contributed by atoms with Gasteiger partial charge in [-0.05, 0) is 18.2 Å². The minimum absolute atomic E-state index is 0.176. The summed E-state index contributed by atoms with van der Waals surface area (Å²) in [6.45, 7) is -0.959. The Morgan fingerprint density at radius 2 is 2.00 bits per heavy atom. The van der Waals surface area contributed by atoms with Gasteiger partial charge >= 0.3 is 0 Å². The Morgan fingerprint density at radius 3 is 2.54 bits per heavy atom. The SMILES string of the molecule is O=S(=O)(CCF)c1cccc(F)c1. The van der Waals surface area contributed by atoms with Crippen LogP contribution >= 0.6 is 0 Å². The number of hydrogen-bond acceptors (Lipinski definition) is 2. The highest BCUT2D eigenvalue weighted by atomic mass is 32.2. The van der Waals surface area contributed by atoms with Gasteiger partial charge in [0.05, 0.1) is 10.6 Å². The van der Waals surface area contributed by atoms with Crippen LogP contribution in [-0.2, 0) is 9.84 Å². The smallest absolute Gasteiger partial charge is 0.181 e. The Labute approximate surface area is 75.1 Å². The summed E-state index contributed by atoms with van der Waals surface area (Å²) < 4.78 is 46.7. The molecule has 72 valence electrons. The van der Waals surface area contributed by atoms with Crippen LogP contribution in [0.5, 0.6) is 0 Å². The van der Waals surface area contributed by atoms with Crippen LogP contribution < -0.4 is 0 Å². The third-order valence-corrected chi connectivity index (χ3v) is 3.17. The molecule has 0 fully saturated rings. The number of sulfone groups is 1. The number of halogens is 2. The number of alkyl halides is 1. The standard InChI is InChI=1S/C8H8F2O2S/c9-4-5-13(11,12)8-3-1-2-7(10)6-8/h1-3,6H,4-5H2. The molecule has 0 spiro atoms. The monoisotopic (exact) mass is 206 g/mol. The van der Waals surface area contributed by atoms with Crippen molar-refractivity contribution in [1.29, 1.82) is 0 Å². The maximum atomic E-state index is 12.6. The highest BCUT2D eigenvalue weighted by Crippen LogP contribution is 2.12. The molecule has 1 aromatic carbocycles. The molecule has 1 rings (SSSR count). The van der Waals surface area contributed by atoms with Crippen molar-refractivity contribution in [3.05, 3.63) is 30.1 Å². The van der Waals surface area contributed by atoms with Crippen LogP contribution in [0.1, 0.15) is 0 Å². The van der Waals surface area contributed by atoms with E-state index in [1.165, 1.54) is 12.1 Å². The summed E-state index contributed by atoms with van der Waals surface area (Å²) in [5.41, 5.74) is 0. The number of rotatable bonds is 3. The van der Waals surface area contributed by atoms with E-state index in [0.29, 0.717) is 0 Å². The Morgan fingerprint density at radius 1 is 1.31 bits per heavy atom. The zero-order valence-electron chi connectivity index (χ0n) is 6.70. The molecule has 0 N–H and O–H groups in total. The lowest BCUT2D eigenvalue weighted by Gasteiger charge is -2.00. The van der Waals surface area contributed by atoms with E-state index in [9.17, 15) is 17.2 Å². The molecule has 0 unspecified atom stereocenters. The van der Waals surface area contributed by atoms with Gasteiger partial charge in [0.25, 0.3) is 0 Å². The van der Waals surface area contributed by atoms with Crippen molar-refractivity contribution in [3.8, 4) is 0 Å². The van der Waals surface area contributed by atoms with Crippen molar-refractivity contribution in [3.63, 3.8) is 0 Å². The predicted molar refractivity (Wildman–Crippen MR) is 44.4 cm³/mol. The van der Waals surface area contributed by atoms with Gasteiger partial charge in [-0.2, -0.15) is 0 Å². The van der Waals surface area contributed by atoms with Crippen LogP contribution in [0.15, 0.2) is 29.2 Å². The second-order valence-electron chi connectivity index (χ2n) is 2.47. The van der Waals surface area contributed by atoms with Crippen LogP contribution in [0.4, 0.5) is 8.78 Å². The highest BCUT2D eigenvalue weighted by Gasteiger charge is 2.13. The van der Waals surface area contributed by atoms with Gasteiger partial charge in [-0.1, -0.05) is 6.07 Å². The average molecular weight is 206 g/mol. The van der Waals surface area contributed by atoms with Crippen molar-refractivity contribution in [2.75, 3.05) is 12.4 Å². The summed E-state index contributed by atoms with van der Waals surface area (Å²) in [7, 11) is -3.65. The summed E-state index contributed by atoms with van der Waals surface area (Å²) in [6, 6.07) is 4.54. The molecule has 0 aliphatic carbocycles. The highest BCUT2D eigenvalue weighted by molar-refractivity contribution is 7.91. The average Bonchev–Trinajstić information content (AvgIpc) is 2.04. The Bertz CT molecular complexity index is 387. The van der Waals surface area contributed by atoms with Crippen molar-refractivity contribution in [1.82, 2.24) is 0 Å². The summed E-state index contributed by atoms with van der Waals surface area (Å²) in [4.78, 5) is -0.176. The molecule has 0 aliphatic rings. The van der Waals surface area contributed by atoms with E-state index in [4.69, 9.17) is 0 Å². The van der Waals surface area contributed by atoms with Crippen molar-refractivity contribution in [2.45, 2.75) is 4.90 Å². The maximum Gasteiger partial charge on any atom is 0.181 e. The van der Waals surface area contributed by atoms with Gasteiger partial charge in [0, 0.05) is 0 Å². The molecule has 0 atom stereocenters. The molecule has 0 saturated carbocycles. The minimum Gasteiger partial charge on any atom is -0.250 e. The second-order valence-corrected chi connectivity index (χ2v) is 4.57. The summed E-state index contributed by atoms with van der Waals surface area (Å²) in [5.74, 6) is -1.24. The van der Waals surface area contributed by atoms with Crippen molar-refractivity contribution in [2.24, 2.45) is 0 Å². The van der Waals surface area contributed by atoms with Gasteiger partial charge < -0.3 is 0 Å². The zero-order valence-corrected chi connectivity index (χ0v) is 7.52. The normalized spacial score (nSPS) is 11.5. The molecule has 0 aromatic heterocycles. The number of benzene rings is 1. The van der Waals surface area contributed by atoms with Crippen molar-refractivity contribution < 1.29 is 17.2 Å². The Hall–Kier alpha value is -0.970. The molecule has 1 aromatic rings. The fourth-order valence-electron chi connectivity index (χ4n) is 0.880. The third kappa shape index (κ3) is 2.48. The molecule has 0 heterocycles. The van der Waals surface area contributed by atoms with Gasteiger partial charge in [0.2, 0.25) is 0 Å². The van der Waals surface area contributed by atoms with Crippen LogP contribution in [0, 0.1) is 5.82 Å². The Kier molecular flexibility index (Phi) is 2.98. The van der Waals surface area contributed by atoms with Crippen LogP contribution in [0.2, 0.25) is 0 Å². The van der Waals surface area contributed by atoms with Crippen molar-refractivity contribution >= 4 is 9.84 Å². The second kappa shape index (κ2) is 3.83. The van der Waals surface area contributed by atoms with Gasteiger partial charge in [-0.15, -0.1) is 0 Å².